The van der Waals surface area contributed by atoms with Gasteiger partial charge < -0.3 is 5.32 Å². The third-order valence-electron chi connectivity index (χ3n) is 4.03. The topological polar surface area (TPSA) is 15.3 Å². The van der Waals surface area contributed by atoms with Crippen LogP contribution in [0.5, 0.6) is 0 Å². The Hall–Kier alpha value is -0.540. The van der Waals surface area contributed by atoms with Gasteiger partial charge in [0.1, 0.15) is 0 Å². The Morgan fingerprint density at radius 1 is 1.24 bits per heavy atom. The number of benzene rings is 1. The lowest BCUT2D eigenvalue weighted by Crippen LogP contribution is -2.45. The van der Waals surface area contributed by atoms with E-state index in [1.807, 2.05) is 6.08 Å². The first-order valence-electron chi connectivity index (χ1n) is 7.35. The normalized spacial score (nSPS) is 16.5. The third-order valence-corrected chi connectivity index (χ3v) is 4.03. The van der Waals surface area contributed by atoms with Crippen molar-refractivity contribution in [2.75, 3.05) is 26.2 Å². The maximum Gasteiger partial charge on any atom is 0.0354 e. The minimum absolute atomic E-state index is 0. The van der Waals surface area contributed by atoms with Crippen molar-refractivity contribution in [1.82, 2.24) is 10.2 Å². The molecule has 0 aliphatic carbocycles. The minimum atomic E-state index is 0. The Labute approximate surface area is 141 Å². The summed E-state index contributed by atoms with van der Waals surface area (Å²) in [5, 5.41) is 3.44. The minimum Gasteiger partial charge on any atom is -0.314 e. The zero-order chi connectivity index (χ0) is 13.7. The second-order valence-corrected chi connectivity index (χ2v) is 5.53. The van der Waals surface area contributed by atoms with Crippen LogP contribution in [-0.2, 0) is 0 Å². The van der Waals surface area contributed by atoms with E-state index in [-0.39, 0.29) is 24.8 Å². The molecule has 1 N–H and O–H groups in total. The van der Waals surface area contributed by atoms with E-state index < -0.39 is 0 Å². The number of nitrogens with one attached hydrogen (secondary N) is 1. The van der Waals surface area contributed by atoms with Crippen LogP contribution in [0.2, 0.25) is 0 Å². The lowest BCUT2D eigenvalue weighted by atomic mass is 9.94. The number of nitrogens with zero attached hydrogens (tertiary/aromatic N) is 1. The highest BCUT2D eigenvalue weighted by atomic mass is 35.5. The Bertz CT molecular complexity index is 429. The first-order valence-corrected chi connectivity index (χ1v) is 7.35. The fourth-order valence-electron chi connectivity index (χ4n) is 2.92. The molecular formula is C17H28Cl2N2. The summed E-state index contributed by atoms with van der Waals surface area (Å²) < 4.78 is 0. The number of hydrogen-bond donors (Lipinski definition) is 1. The molecule has 0 aromatic heterocycles. The van der Waals surface area contributed by atoms with E-state index in [9.17, 15) is 0 Å². The fraction of sp³-hybridized carbons (Fsp3) is 0.529. The van der Waals surface area contributed by atoms with Crippen molar-refractivity contribution >= 4 is 24.8 Å². The van der Waals surface area contributed by atoms with Gasteiger partial charge in [-0.25, -0.2) is 0 Å². The van der Waals surface area contributed by atoms with Gasteiger partial charge in [-0.05, 0) is 37.8 Å². The lowest BCUT2D eigenvalue weighted by molar-refractivity contribution is 0.165. The van der Waals surface area contributed by atoms with Gasteiger partial charge in [0.25, 0.3) is 0 Å². The van der Waals surface area contributed by atoms with Gasteiger partial charge in [0, 0.05) is 32.2 Å². The molecule has 120 valence electrons. The van der Waals surface area contributed by atoms with Gasteiger partial charge in [-0.2, -0.15) is 0 Å². The van der Waals surface area contributed by atoms with E-state index in [0.29, 0.717) is 6.04 Å². The quantitative estimate of drug-likeness (QED) is 0.819. The molecule has 2 rings (SSSR count). The van der Waals surface area contributed by atoms with E-state index in [0.717, 1.165) is 32.6 Å². The molecule has 2 nitrogen and oxygen atoms in total. The standard InChI is InChI=1S/C17H26N2.2ClH/c1-4-5-6-17(19-11-9-18-10-12-19)16-13-14(2)7-8-15(16)3;;/h4,7-8,13,17-18H,1,5-6,9-12H2,2-3H3;2*1H/t17-;;/m0../s1. The van der Waals surface area contributed by atoms with Gasteiger partial charge in [-0.15, -0.1) is 31.4 Å². The molecule has 1 saturated heterocycles. The number of hydrogen-bond acceptors (Lipinski definition) is 2. The van der Waals surface area contributed by atoms with Crippen LogP contribution < -0.4 is 5.32 Å². The second kappa shape index (κ2) is 10.2. The number of rotatable bonds is 5. The molecule has 0 radical (unpaired) electrons. The van der Waals surface area contributed by atoms with Crippen molar-refractivity contribution in [1.29, 1.82) is 0 Å². The van der Waals surface area contributed by atoms with Crippen molar-refractivity contribution in [3.8, 4) is 0 Å². The molecule has 1 aliphatic heterocycles. The molecule has 1 atom stereocenters. The second-order valence-electron chi connectivity index (χ2n) is 5.53. The molecule has 1 aliphatic rings. The van der Waals surface area contributed by atoms with Crippen molar-refractivity contribution in [2.24, 2.45) is 0 Å². The molecule has 0 unspecified atom stereocenters. The Kier molecular flexibility index (Phi) is 9.97. The molecule has 1 heterocycles. The molecule has 0 spiro atoms. The molecule has 21 heavy (non-hydrogen) atoms. The van der Waals surface area contributed by atoms with E-state index >= 15 is 0 Å². The van der Waals surface area contributed by atoms with Crippen LogP contribution in [0, 0.1) is 13.8 Å². The summed E-state index contributed by atoms with van der Waals surface area (Å²) in [5.41, 5.74) is 4.28. The zero-order valence-corrected chi connectivity index (χ0v) is 14.7. The van der Waals surface area contributed by atoms with Crippen molar-refractivity contribution in [3.05, 3.63) is 47.5 Å². The number of piperazine rings is 1. The molecular weight excluding hydrogens is 303 g/mol. The summed E-state index contributed by atoms with van der Waals surface area (Å²) >= 11 is 0. The smallest absolute Gasteiger partial charge is 0.0354 e. The summed E-state index contributed by atoms with van der Waals surface area (Å²) in [7, 11) is 0. The highest BCUT2D eigenvalue weighted by Crippen LogP contribution is 2.29. The average molecular weight is 331 g/mol. The Morgan fingerprint density at radius 3 is 2.52 bits per heavy atom. The van der Waals surface area contributed by atoms with Crippen LogP contribution in [0.4, 0.5) is 0 Å². The fourth-order valence-corrected chi connectivity index (χ4v) is 2.92. The lowest BCUT2D eigenvalue weighted by Gasteiger charge is -2.36. The maximum absolute atomic E-state index is 3.88. The van der Waals surface area contributed by atoms with Gasteiger partial charge in [0.15, 0.2) is 0 Å². The van der Waals surface area contributed by atoms with Gasteiger partial charge in [0.05, 0.1) is 0 Å². The molecule has 0 amide bonds. The Balaban J connectivity index is 0.00000200. The summed E-state index contributed by atoms with van der Waals surface area (Å²) in [6, 6.07) is 7.38. The molecule has 1 aromatic carbocycles. The maximum atomic E-state index is 3.88. The van der Waals surface area contributed by atoms with Crippen molar-refractivity contribution in [2.45, 2.75) is 32.7 Å². The SMILES string of the molecule is C=CCC[C@@H](c1cc(C)ccc1C)N1CCNCC1.Cl.Cl. The summed E-state index contributed by atoms with van der Waals surface area (Å²) in [6.45, 7) is 12.8. The van der Waals surface area contributed by atoms with Gasteiger partial charge in [-0.1, -0.05) is 29.8 Å². The first kappa shape index (κ1) is 20.5. The van der Waals surface area contributed by atoms with Crippen LogP contribution >= 0.6 is 24.8 Å². The number of halogens is 2. The molecule has 1 fully saturated rings. The van der Waals surface area contributed by atoms with Gasteiger partial charge in [-0.3, -0.25) is 4.90 Å². The van der Waals surface area contributed by atoms with Crippen LogP contribution in [0.1, 0.15) is 35.6 Å². The number of aryl methyl sites for hydroxylation is 2. The highest BCUT2D eigenvalue weighted by molar-refractivity contribution is 5.85. The highest BCUT2D eigenvalue weighted by Gasteiger charge is 2.22. The molecule has 4 heteroatoms. The molecule has 1 aromatic rings. The third kappa shape index (κ3) is 5.63. The number of allylic oxidation sites excluding steroid dienone is 1. The predicted octanol–water partition coefficient (Wildman–Crippen LogP) is 4.06. The Morgan fingerprint density at radius 2 is 1.90 bits per heavy atom. The summed E-state index contributed by atoms with van der Waals surface area (Å²) in [5.74, 6) is 0. The molecule has 0 bridgehead atoms. The van der Waals surface area contributed by atoms with Crippen molar-refractivity contribution in [3.63, 3.8) is 0 Å². The van der Waals surface area contributed by atoms with Gasteiger partial charge >= 0.3 is 0 Å². The monoisotopic (exact) mass is 330 g/mol. The van der Waals surface area contributed by atoms with Crippen LogP contribution in [-0.4, -0.2) is 31.1 Å². The van der Waals surface area contributed by atoms with Crippen LogP contribution in [0.25, 0.3) is 0 Å². The summed E-state index contributed by atoms with van der Waals surface area (Å²) in [6.07, 6.45) is 4.30. The first-order chi connectivity index (χ1) is 9.22. The van der Waals surface area contributed by atoms with Crippen molar-refractivity contribution < 1.29 is 0 Å². The van der Waals surface area contributed by atoms with Crippen LogP contribution in [0.15, 0.2) is 30.9 Å². The molecule has 0 saturated carbocycles. The zero-order valence-electron chi connectivity index (χ0n) is 13.1. The largest absolute Gasteiger partial charge is 0.314 e. The predicted molar refractivity (Wildman–Crippen MR) is 97.0 cm³/mol. The van der Waals surface area contributed by atoms with Gasteiger partial charge in [0.2, 0.25) is 0 Å². The van der Waals surface area contributed by atoms with E-state index in [1.54, 1.807) is 0 Å². The van der Waals surface area contributed by atoms with E-state index in [4.69, 9.17) is 0 Å². The summed E-state index contributed by atoms with van der Waals surface area (Å²) in [4.78, 5) is 2.63. The van der Waals surface area contributed by atoms with E-state index in [2.05, 4.69) is 48.8 Å². The average Bonchev–Trinajstić information content (AvgIpc) is 2.44. The van der Waals surface area contributed by atoms with E-state index in [1.165, 1.54) is 23.1 Å². The van der Waals surface area contributed by atoms with Crippen LogP contribution in [0.3, 0.4) is 0 Å².